The lowest BCUT2D eigenvalue weighted by Crippen LogP contribution is -2.34. The van der Waals surface area contributed by atoms with E-state index in [2.05, 4.69) is 16.0 Å². The van der Waals surface area contributed by atoms with E-state index in [4.69, 9.17) is 21.7 Å². The monoisotopic (exact) mass is 373 g/mol. The molecule has 0 atom stereocenters. The van der Waals surface area contributed by atoms with Crippen LogP contribution < -0.4 is 25.4 Å². The standard InChI is InChI=1S/C18H19N3O4S/c1-11(22)19-13-5-7-14(8-6-13)20-18(26)21-17(23)12-4-9-15(24-2)16(10-12)25-3/h4-10H,1-3H3,(H,19,22)(H2,20,21,23,26). The van der Waals surface area contributed by atoms with Gasteiger partial charge in [0.2, 0.25) is 5.91 Å². The highest BCUT2D eigenvalue weighted by Gasteiger charge is 2.12. The summed E-state index contributed by atoms with van der Waals surface area (Å²) in [5.41, 5.74) is 1.73. The molecule has 2 amide bonds. The summed E-state index contributed by atoms with van der Waals surface area (Å²) in [6.07, 6.45) is 0. The quantitative estimate of drug-likeness (QED) is 0.699. The van der Waals surface area contributed by atoms with Crippen LogP contribution in [0, 0.1) is 0 Å². The molecule has 0 aliphatic carbocycles. The van der Waals surface area contributed by atoms with Crippen LogP contribution in [0.5, 0.6) is 11.5 Å². The molecule has 0 saturated carbocycles. The van der Waals surface area contributed by atoms with Crippen LogP contribution in [0.3, 0.4) is 0 Å². The van der Waals surface area contributed by atoms with Gasteiger partial charge in [-0.3, -0.25) is 14.9 Å². The molecule has 2 aromatic carbocycles. The van der Waals surface area contributed by atoms with Crippen LogP contribution in [0.15, 0.2) is 42.5 Å². The van der Waals surface area contributed by atoms with Gasteiger partial charge in [0, 0.05) is 23.9 Å². The predicted octanol–water partition coefficient (Wildman–Crippen LogP) is 2.79. The van der Waals surface area contributed by atoms with Crippen molar-refractivity contribution in [2.24, 2.45) is 0 Å². The molecule has 2 rings (SSSR count). The smallest absolute Gasteiger partial charge is 0.257 e. The first-order chi connectivity index (χ1) is 12.4. The minimum Gasteiger partial charge on any atom is -0.493 e. The molecule has 7 nitrogen and oxygen atoms in total. The molecular weight excluding hydrogens is 354 g/mol. The fourth-order valence-corrected chi connectivity index (χ4v) is 2.37. The molecule has 0 aliphatic rings. The third-order valence-electron chi connectivity index (χ3n) is 3.34. The molecule has 0 saturated heterocycles. The summed E-state index contributed by atoms with van der Waals surface area (Å²) in [5, 5.41) is 8.32. The number of anilines is 2. The Morgan fingerprint density at radius 1 is 0.885 bits per heavy atom. The lowest BCUT2D eigenvalue weighted by molar-refractivity contribution is -0.114. The molecular formula is C18H19N3O4S. The Morgan fingerprint density at radius 3 is 2.00 bits per heavy atom. The minimum absolute atomic E-state index is 0.150. The van der Waals surface area contributed by atoms with Gasteiger partial charge in [-0.05, 0) is 54.7 Å². The van der Waals surface area contributed by atoms with Crippen molar-refractivity contribution >= 4 is 40.5 Å². The topological polar surface area (TPSA) is 88.7 Å². The number of hydrogen-bond acceptors (Lipinski definition) is 5. The Labute approximate surface area is 156 Å². The number of ether oxygens (including phenoxy) is 2. The highest BCUT2D eigenvalue weighted by Crippen LogP contribution is 2.27. The van der Waals surface area contributed by atoms with E-state index in [9.17, 15) is 9.59 Å². The number of methoxy groups -OCH3 is 2. The second kappa shape index (κ2) is 8.82. The van der Waals surface area contributed by atoms with Gasteiger partial charge in [-0.15, -0.1) is 0 Å². The molecule has 0 heterocycles. The molecule has 0 spiro atoms. The number of carbonyl (C=O) groups excluding carboxylic acids is 2. The van der Waals surface area contributed by atoms with Crippen LogP contribution in [0.4, 0.5) is 11.4 Å². The summed E-state index contributed by atoms with van der Waals surface area (Å²) in [6.45, 7) is 1.44. The maximum atomic E-state index is 12.3. The third kappa shape index (κ3) is 5.18. The molecule has 0 unspecified atom stereocenters. The normalized spacial score (nSPS) is 9.81. The van der Waals surface area contributed by atoms with Crippen molar-refractivity contribution < 1.29 is 19.1 Å². The van der Waals surface area contributed by atoms with Gasteiger partial charge < -0.3 is 20.1 Å². The number of hydrogen-bond donors (Lipinski definition) is 3. The first-order valence-electron chi connectivity index (χ1n) is 7.65. The van der Waals surface area contributed by atoms with Crippen molar-refractivity contribution in [3.8, 4) is 11.5 Å². The van der Waals surface area contributed by atoms with E-state index >= 15 is 0 Å². The summed E-state index contributed by atoms with van der Waals surface area (Å²) in [5.74, 6) is 0.457. The first-order valence-corrected chi connectivity index (χ1v) is 8.05. The summed E-state index contributed by atoms with van der Waals surface area (Å²) < 4.78 is 10.3. The third-order valence-corrected chi connectivity index (χ3v) is 3.54. The summed E-state index contributed by atoms with van der Waals surface area (Å²) >= 11 is 5.16. The number of benzene rings is 2. The number of rotatable bonds is 5. The van der Waals surface area contributed by atoms with Gasteiger partial charge in [0.05, 0.1) is 14.2 Å². The summed E-state index contributed by atoms with van der Waals surface area (Å²) in [4.78, 5) is 23.3. The van der Waals surface area contributed by atoms with Crippen LogP contribution in [-0.4, -0.2) is 31.1 Å². The Morgan fingerprint density at radius 2 is 1.46 bits per heavy atom. The predicted molar refractivity (Wildman–Crippen MR) is 104 cm³/mol. The van der Waals surface area contributed by atoms with Gasteiger partial charge in [-0.2, -0.15) is 0 Å². The molecule has 26 heavy (non-hydrogen) atoms. The number of amides is 2. The van der Waals surface area contributed by atoms with Crippen LogP contribution in [0.1, 0.15) is 17.3 Å². The van der Waals surface area contributed by atoms with E-state index < -0.39 is 0 Å². The number of nitrogens with one attached hydrogen (secondary N) is 3. The number of thiocarbonyl (C=S) groups is 1. The molecule has 8 heteroatoms. The van der Waals surface area contributed by atoms with Gasteiger partial charge >= 0.3 is 0 Å². The summed E-state index contributed by atoms with van der Waals surface area (Å²) in [7, 11) is 3.02. The highest BCUT2D eigenvalue weighted by atomic mass is 32.1. The molecule has 0 aliphatic heterocycles. The van der Waals surface area contributed by atoms with E-state index in [-0.39, 0.29) is 16.9 Å². The second-order valence-electron chi connectivity index (χ2n) is 5.24. The van der Waals surface area contributed by atoms with Crippen LogP contribution in [-0.2, 0) is 4.79 Å². The SMILES string of the molecule is COc1ccc(C(=O)NC(=S)Nc2ccc(NC(C)=O)cc2)cc1OC. The van der Waals surface area contributed by atoms with Gasteiger partial charge in [0.15, 0.2) is 16.6 Å². The van der Waals surface area contributed by atoms with E-state index in [1.165, 1.54) is 21.1 Å². The van der Waals surface area contributed by atoms with Crippen molar-refractivity contribution in [3.05, 3.63) is 48.0 Å². The zero-order valence-corrected chi connectivity index (χ0v) is 15.4. The van der Waals surface area contributed by atoms with E-state index in [1.54, 1.807) is 42.5 Å². The molecule has 2 aromatic rings. The van der Waals surface area contributed by atoms with Crippen molar-refractivity contribution in [2.75, 3.05) is 24.9 Å². The maximum Gasteiger partial charge on any atom is 0.257 e. The highest BCUT2D eigenvalue weighted by molar-refractivity contribution is 7.80. The van der Waals surface area contributed by atoms with Crippen molar-refractivity contribution in [3.63, 3.8) is 0 Å². The minimum atomic E-state index is -0.377. The van der Waals surface area contributed by atoms with Gasteiger partial charge in [-0.1, -0.05) is 0 Å². The molecule has 0 fully saturated rings. The zero-order chi connectivity index (χ0) is 19.1. The van der Waals surface area contributed by atoms with E-state index in [0.29, 0.717) is 28.4 Å². The van der Waals surface area contributed by atoms with E-state index in [1.807, 2.05) is 0 Å². The largest absolute Gasteiger partial charge is 0.493 e. The average Bonchev–Trinajstić information content (AvgIpc) is 2.62. The lowest BCUT2D eigenvalue weighted by Gasteiger charge is -2.12. The van der Waals surface area contributed by atoms with Gasteiger partial charge in [-0.25, -0.2) is 0 Å². The molecule has 0 radical (unpaired) electrons. The van der Waals surface area contributed by atoms with Crippen LogP contribution in [0.2, 0.25) is 0 Å². The van der Waals surface area contributed by atoms with Crippen molar-refractivity contribution in [2.45, 2.75) is 6.92 Å². The van der Waals surface area contributed by atoms with Crippen molar-refractivity contribution in [1.82, 2.24) is 5.32 Å². The molecule has 0 bridgehead atoms. The average molecular weight is 373 g/mol. The Kier molecular flexibility index (Phi) is 6.51. The molecule has 136 valence electrons. The van der Waals surface area contributed by atoms with Crippen LogP contribution in [0.25, 0.3) is 0 Å². The van der Waals surface area contributed by atoms with E-state index in [0.717, 1.165) is 0 Å². The number of carbonyl (C=O) groups is 2. The fourth-order valence-electron chi connectivity index (χ4n) is 2.16. The fraction of sp³-hybridized carbons (Fsp3) is 0.167. The van der Waals surface area contributed by atoms with Gasteiger partial charge in [0.25, 0.3) is 5.91 Å². The first kappa shape index (κ1) is 19.2. The Hall–Kier alpha value is -3.13. The van der Waals surface area contributed by atoms with Gasteiger partial charge in [0.1, 0.15) is 0 Å². The summed E-state index contributed by atoms with van der Waals surface area (Å²) in [6, 6.07) is 11.7. The zero-order valence-electron chi connectivity index (χ0n) is 14.6. The van der Waals surface area contributed by atoms with Crippen LogP contribution >= 0.6 is 12.2 Å². The second-order valence-corrected chi connectivity index (χ2v) is 5.64. The lowest BCUT2D eigenvalue weighted by atomic mass is 10.2. The molecule has 3 N–H and O–H groups in total. The maximum absolute atomic E-state index is 12.3. The molecule has 0 aromatic heterocycles. The van der Waals surface area contributed by atoms with Crippen molar-refractivity contribution in [1.29, 1.82) is 0 Å². The Bertz CT molecular complexity index is 822. The Balaban J connectivity index is 1.98.